The van der Waals surface area contributed by atoms with Crippen molar-refractivity contribution in [3.63, 3.8) is 0 Å². The topological polar surface area (TPSA) is 35.6 Å². The second-order valence-corrected chi connectivity index (χ2v) is 7.31. The lowest BCUT2D eigenvalue weighted by Crippen LogP contribution is -2.50. The predicted molar refractivity (Wildman–Crippen MR) is 108 cm³/mol. The fourth-order valence-corrected chi connectivity index (χ4v) is 4.20. The molecule has 0 aliphatic carbocycles. The molecule has 0 radical (unpaired) electrons. The molecule has 1 aromatic carbocycles. The molecule has 24 heavy (non-hydrogen) atoms. The van der Waals surface area contributed by atoms with Gasteiger partial charge in [0.15, 0.2) is 0 Å². The molecule has 136 valence electrons. The van der Waals surface area contributed by atoms with Gasteiger partial charge in [-0.25, -0.2) is 0 Å². The summed E-state index contributed by atoms with van der Waals surface area (Å²) in [4.78, 5) is 16.7. The van der Waals surface area contributed by atoms with Gasteiger partial charge in [-0.05, 0) is 12.1 Å². The summed E-state index contributed by atoms with van der Waals surface area (Å²) in [6, 6.07) is 8.25. The Labute approximate surface area is 165 Å². The number of hydrogen-bond acceptors (Lipinski definition) is 4. The van der Waals surface area contributed by atoms with Gasteiger partial charge in [0, 0.05) is 56.7 Å². The van der Waals surface area contributed by atoms with E-state index in [1.165, 1.54) is 0 Å². The van der Waals surface area contributed by atoms with Gasteiger partial charge in [-0.3, -0.25) is 4.79 Å². The van der Waals surface area contributed by atoms with Crippen LogP contribution < -0.4 is 10.2 Å². The van der Waals surface area contributed by atoms with Crippen molar-refractivity contribution in [1.82, 2.24) is 10.2 Å². The largest absolute Gasteiger partial charge is 0.367 e. The van der Waals surface area contributed by atoms with Crippen LogP contribution in [0.5, 0.6) is 0 Å². The van der Waals surface area contributed by atoms with Gasteiger partial charge in [-0.15, -0.1) is 24.8 Å². The predicted octanol–water partition coefficient (Wildman–Crippen LogP) is 2.93. The van der Waals surface area contributed by atoms with Crippen LogP contribution in [0.2, 0.25) is 5.02 Å². The van der Waals surface area contributed by atoms with E-state index in [0.29, 0.717) is 12.5 Å². The highest BCUT2D eigenvalue weighted by molar-refractivity contribution is 7.99. The number of thioether (sulfide) groups is 1. The molecule has 1 N–H and O–H groups in total. The van der Waals surface area contributed by atoms with E-state index in [4.69, 9.17) is 11.6 Å². The highest BCUT2D eigenvalue weighted by Crippen LogP contribution is 2.26. The lowest BCUT2D eigenvalue weighted by atomic mass is 10.2. The van der Waals surface area contributed by atoms with E-state index >= 15 is 0 Å². The Morgan fingerprint density at radius 1 is 1.21 bits per heavy atom. The number of benzene rings is 1. The van der Waals surface area contributed by atoms with Crippen molar-refractivity contribution in [2.24, 2.45) is 0 Å². The summed E-state index contributed by atoms with van der Waals surface area (Å²) >= 11 is 8.19. The summed E-state index contributed by atoms with van der Waals surface area (Å²) < 4.78 is 0. The third-order valence-corrected chi connectivity index (χ3v) is 5.70. The molecule has 2 aliphatic heterocycles. The average molecular weight is 413 g/mol. The minimum absolute atomic E-state index is 0. The number of rotatable bonds is 3. The van der Waals surface area contributed by atoms with Crippen LogP contribution in [-0.2, 0) is 4.79 Å². The molecule has 0 bridgehead atoms. The summed E-state index contributed by atoms with van der Waals surface area (Å²) in [5, 5.41) is 4.22. The Kier molecular flexibility index (Phi) is 9.60. The van der Waals surface area contributed by atoms with Crippen molar-refractivity contribution in [2.45, 2.75) is 12.5 Å². The number of nitrogens with one attached hydrogen (secondary N) is 1. The summed E-state index contributed by atoms with van der Waals surface area (Å²) in [6.07, 6.45) is 0.624. The van der Waals surface area contributed by atoms with Crippen LogP contribution in [0.15, 0.2) is 24.3 Å². The number of piperazine rings is 1. The zero-order valence-corrected chi connectivity index (χ0v) is 16.7. The summed E-state index contributed by atoms with van der Waals surface area (Å²) in [5.41, 5.74) is 1.07. The van der Waals surface area contributed by atoms with Crippen LogP contribution in [0.25, 0.3) is 0 Å². The number of anilines is 1. The molecule has 8 heteroatoms. The van der Waals surface area contributed by atoms with E-state index in [1.54, 1.807) is 0 Å². The first-order valence-electron chi connectivity index (χ1n) is 7.82. The summed E-state index contributed by atoms with van der Waals surface area (Å²) in [7, 11) is 0. The Morgan fingerprint density at radius 3 is 2.54 bits per heavy atom. The summed E-state index contributed by atoms with van der Waals surface area (Å²) in [6.45, 7) is 4.28. The van der Waals surface area contributed by atoms with E-state index in [-0.39, 0.29) is 30.7 Å². The normalized spacial score (nSPS) is 20.8. The van der Waals surface area contributed by atoms with Gasteiger partial charge >= 0.3 is 0 Å². The number of carbonyl (C=O) groups is 1. The van der Waals surface area contributed by atoms with Crippen molar-refractivity contribution in [2.75, 3.05) is 49.1 Å². The van der Waals surface area contributed by atoms with E-state index in [1.807, 2.05) is 40.9 Å². The van der Waals surface area contributed by atoms with Crippen LogP contribution >= 0.6 is 48.2 Å². The number of nitrogens with zero attached hydrogens (tertiary/aromatic N) is 2. The molecule has 2 heterocycles. The Balaban J connectivity index is 0.00000144. The number of para-hydroxylation sites is 1. The van der Waals surface area contributed by atoms with Crippen molar-refractivity contribution in [3.8, 4) is 0 Å². The van der Waals surface area contributed by atoms with Gasteiger partial charge < -0.3 is 15.1 Å². The van der Waals surface area contributed by atoms with Crippen molar-refractivity contribution < 1.29 is 4.79 Å². The number of carbonyl (C=O) groups excluding carboxylic acids is 1. The fraction of sp³-hybridized carbons (Fsp3) is 0.562. The Bertz CT molecular complexity index is 521. The Hall–Kier alpha value is -0.330. The molecule has 2 aliphatic rings. The van der Waals surface area contributed by atoms with Gasteiger partial charge in [0.25, 0.3) is 0 Å². The minimum atomic E-state index is 0. The van der Waals surface area contributed by atoms with Crippen LogP contribution in [0.1, 0.15) is 6.42 Å². The lowest BCUT2D eigenvalue weighted by Gasteiger charge is -2.37. The highest BCUT2D eigenvalue weighted by atomic mass is 35.5. The molecule has 4 nitrogen and oxygen atoms in total. The molecular weight excluding hydrogens is 389 g/mol. The van der Waals surface area contributed by atoms with E-state index in [0.717, 1.165) is 54.9 Å². The first kappa shape index (κ1) is 21.7. The molecule has 1 atom stereocenters. The fourth-order valence-electron chi connectivity index (χ4n) is 3.00. The smallest absolute Gasteiger partial charge is 0.224 e. The number of halogens is 3. The number of hydrogen-bond donors (Lipinski definition) is 1. The lowest BCUT2D eigenvalue weighted by molar-refractivity contribution is -0.131. The average Bonchev–Trinajstić information content (AvgIpc) is 2.56. The third kappa shape index (κ3) is 5.60. The van der Waals surface area contributed by atoms with Crippen molar-refractivity contribution in [3.05, 3.63) is 29.3 Å². The first-order chi connectivity index (χ1) is 10.7. The highest BCUT2D eigenvalue weighted by Gasteiger charge is 2.25. The molecule has 2 saturated heterocycles. The van der Waals surface area contributed by atoms with Gasteiger partial charge in [0.05, 0.1) is 10.7 Å². The molecule has 1 aromatic rings. The molecule has 0 spiro atoms. The third-order valence-electron chi connectivity index (χ3n) is 4.24. The molecule has 1 unspecified atom stereocenters. The zero-order valence-electron chi connectivity index (χ0n) is 13.4. The van der Waals surface area contributed by atoms with Gasteiger partial charge in [-0.2, -0.15) is 11.8 Å². The second-order valence-electron chi connectivity index (χ2n) is 5.75. The summed E-state index contributed by atoms with van der Waals surface area (Å²) in [5.74, 6) is 2.48. The molecule has 2 fully saturated rings. The molecule has 1 amide bonds. The SMILES string of the molecule is Cl.Cl.O=C(CC1CSCCN1)N1CCN(c2ccccc2Cl)CC1. The van der Waals surface area contributed by atoms with E-state index in [2.05, 4.69) is 10.2 Å². The molecule has 0 aromatic heterocycles. The van der Waals surface area contributed by atoms with Crippen LogP contribution in [0, 0.1) is 0 Å². The van der Waals surface area contributed by atoms with Gasteiger partial charge in [0.2, 0.25) is 5.91 Å². The first-order valence-corrected chi connectivity index (χ1v) is 9.35. The van der Waals surface area contributed by atoms with Crippen molar-refractivity contribution >= 4 is 59.8 Å². The second kappa shape index (κ2) is 10.6. The minimum Gasteiger partial charge on any atom is -0.367 e. The van der Waals surface area contributed by atoms with Crippen LogP contribution in [0.4, 0.5) is 5.69 Å². The van der Waals surface area contributed by atoms with Crippen LogP contribution in [-0.4, -0.2) is 61.1 Å². The monoisotopic (exact) mass is 411 g/mol. The zero-order chi connectivity index (χ0) is 15.4. The Morgan fingerprint density at radius 2 is 1.92 bits per heavy atom. The molecule has 3 rings (SSSR count). The molecule has 0 saturated carbocycles. The standard InChI is InChI=1S/C16H22ClN3OS.2ClH/c17-14-3-1-2-4-15(14)19-6-8-20(9-7-19)16(21)11-13-12-22-10-5-18-13;;/h1-4,13,18H,5-12H2;2*1H. The molecular formula is C16H24Cl3N3OS. The quantitative estimate of drug-likeness (QED) is 0.828. The van der Waals surface area contributed by atoms with E-state index < -0.39 is 0 Å². The van der Waals surface area contributed by atoms with Crippen LogP contribution in [0.3, 0.4) is 0 Å². The van der Waals surface area contributed by atoms with Gasteiger partial charge in [0.1, 0.15) is 0 Å². The maximum atomic E-state index is 12.4. The maximum absolute atomic E-state index is 12.4. The van der Waals surface area contributed by atoms with Crippen molar-refractivity contribution in [1.29, 1.82) is 0 Å². The van der Waals surface area contributed by atoms with E-state index in [9.17, 15) is 4.79 Å². The van der Waals surface area contributed by atoms with Gasteiger partial charge in [-0.1, -0.05) is 23.7 Å². The maximum Gasteiger partial charge on any atom is 0.224 e. The number of amides is 1.